The van der Waals surface area contributed by atoms with Gasteiger partial charge in [0.1, 0.15) is 35.8 Å². The lowest BCUT2D eigenvalue weighted by Gasteiger charge is -2.15. The number of terminal acetylenes is 1. The van der Waals surface area contributed by atoms with Gasteiger partial charge < -0.3 is 20.4 Å². The molecule has 0 bridgehead atoms. The second-order valence-electron chi connectivity index (χ2n) is 7.99. The van der Waals surface area contributed by atoms with E-state index >= 15 is 4.39 Å². The summed E-state index contributed by atoms with van der Waals surface area (Å²) in [6.45, 7) is -1.55. The number of nitrogens with two attached hydrogens (primary N) is 1. The van der Waals surface area contributed by atoms with E-state index in [1.807, 2.05) is 5.32 Å². The standard InChI is InChI=1S/C24H16F4N6O2/c1-4-14-19(25)16-10-5-12(23(35)31-8-24(26,27)28)15(36-3)6-11(10)17-18-21(29)32-9-33-22(18)34(2)20(17)13(16)7-30-14/h1,5-7,9H,8H2,2-3H3,(H,31,35)(H2,29,32,33). The van der Waals surface area contributed by atoms with Gasteiger partial charge in [0.25, 0.3) is 5.91 Å². The number of ether oxygens (including phenoxy) is 1. The van der Waals surface area contributed by atoms with Crippen molar-refractivity contribution in [3.05, 3.63) is 41.7 Å². The van der Waals surface area contributed by atoms with Crippen LogP contribution < -0.4 is 15.8 Å². The SMILES string of the molecule is C#Cc1ncc2c(c1F)c1cc(C(=O)NCC(F)(F)F)c(OC)cc1c1c3c(N)ncnc3n(C)c21. The summed E-state index contributed by atoms with van der Waals surface area (Å²) in [5, 5.41) is 3.79. The highest BCUT2D eigenvalue weighted by Crippen LogP contribution is 2.44. The van der Waals surface area contributed by atoms with E-state index in [1.165, 1.54) is 31.8 Å². The maximum atomic E-state index is 15.7. The molecule has 0 aliphatic heterocycles. The minimum atomic E-state index is -4.63. The predicted molar refractivity (Wildman–Crippen MR) is 126 cm³/mol. The summed E-state index contributed by atoms with van der Waals surface area (Å²) < 4.78 is 60.9. The van der Waals surface area contributed by atoms with Gasteiger partial charge in [-0.2, -0.15) is 13.2 Å². The zero-order valence-electron chi connectivity index (χ0n) is 18.8. The molecule has 1 amide bonds. The van der Waals surface area contributed by atoms with Crippen LogP contribution in [0.25, 0.3) is 43.5 Å². The number of hydrogen-bond acceptors (Lipinski definition) is 6. The van der Waals surface area contributed by atoms with E-state index in [1.54, 1.807) is 11.6 Å². The number of hydrogen-bond donors (Lipinski definition) is 2. The molecule has 3 heterocycles. The van der Waals surface area contributed by atoms with Crippen LogP contribution in [0.4, 0.5) is 23.4 Å². The summed E-state index contributed by atoms with van der Waals surface area (Å²) in [7, 11) is 2.98. The number of pyridine rings is 1. The van der Waals surface area contributed by atoms with Gasteiger partial charge in [-0.1, -0.05) is 0 Å². The first-order chi connectivity index (χ1) is 17.1. The number of benzene rings is 2. The number of carbonyl (C=O) groups is 1. The Balaban J connectivity index is 2.00. The molecule has 0 unspecified atom stereocenters. The van der Waals surface area contributed by atoms with Crippen molar-refractivity contribution in [3.63, 3.8) is 0 Å². The summed E-state index contributed by atoms with van der Waals surface area (Å²) >= 11 is 0. The molecule has 0 spiro atoms. The fourth-order valence-electron chi connectivity index (χ4n) is 4.50. The second kappa shape index (κ2) is 7.94. The predicted octanol–water partition coefficient (Wildman–Crippen LogP) is 3.83. The summed E-state index contributed by atoms with van der Waals surface area (Å²) in [4.78, 5) is 25.1. The third-order valence-corrected chi connectivity index (χ3v) is 5.98. The third-order valence-electron chi connectivity index (χ3n) is 5.98. The van der Waals surface area contributed by atoms with Gasteiger partial charge in [-0.25, -0.2) is 19.3 Å². The van der Waals surface area contributed by atoms with E-state index < -0.39 is 24.4 Å². The summed E-state index contributed by atoms with van der Waals surface area (Å²) in [6, 6.07) is 2.71. The number of alkyl halides is 3. The van der Waals surface area contributed by atoms with Crippen LogP contribution in [-0.2, 0) is 7.05 Å². The Hall–Kier alpha value is -4.66. The molecule has 5 aromatic rings. The van der Waals surface area contributed by atoms with Crippen LogP contribution in [0.5, 0.6) is 5.75 Å². The minimum Gasteiger partial charge on any atom is -0.496 e. The smallest absolute Gasteiger partial charge is 0.405 e. The summed E-state index contributed by atoms with van der Waals surface area (Å²) in [5.74, 6) is 0.445. The highest BCUT2D eigenvalue weighted by Gasteiger charge is 2.29. The van der Waals surface area contributed by atoms with E-state index in [0.717, 1.165) is 0 Å². The molecule has 0 saturated carbocycles. The second-order valence-corrected chi connectivity index (χ2v) is 7.99. The van der Waals surface area contributed by atoms with Gasteiger partial charge in [0.05, 0.1) is 23.6 Å². The van der Waals surface area contributed by atoms with Crippen molar-refractivity contribution >= 4 is 55.2 Å². The number of methoxy groups -OCH3 is 1. The van der Waals surface area contributed by atoms with E-state index in [9.17, 15) is 18.0 Å². The average Bonchev–Trinajstić information content (AvgIpc) is 3.15. The lowest BCUT2D eigenvalue weighted by Crippen LogP contribution is -2.33. The Kier molecular flexibility index (Phi) is 5.10. The number of aryl methyl sites for hydroxylation is 1. The Morgan fingerprint density at radius 2 is 1.89 bits per heavy atom. The lowest BCUT2D eigenvalue weighted by atomic mass is 9.94. The van der Waals surface area contributed by atoms with Crippen molar-refractivity contribution in [2.75, 3.05) is 19.4 Å². The molecule has 0 fully saturated rings. The maximum absolute atomic E-state index is 15.7. The molecule has 3 N–H and O–H groups in total. The zero-order chi connectivity index (χ0) is 25.9. The molecule has 36 heavy (non-hydrogen) atoms. The number of rotatable bonds is 3. The molecule has 0 radical (unpaired) electrons. The number of fused-ring (bicyclic) bond motifs is 8. The van der Waals surface area contributed by atoms with Gasteiger partial charge in [-0.05, 0) is 28.8 Å². The zero-order valence-corrected chi connectivity index (χ0v) is 18.8. The Morgan fingerprint density at radius 3 is 2.56 bits per heavy atom. The van der Waals surface area contributed by atoms with E-state index in [2.05, 4.69) is 20.9 Å². The largest absolute Gasteiger partial charge is 0.496 e. The normalized spacial score (nSPS) is 11.9. The van der Waals surface area contributed by atoms with Gasteiger partial charge >= 0.3 is 6.18 Å². The number of nitrogens with zero attached hydrogens (tertiary/aromatic N) is 4. The molecule has 0 aliphatic carbocycles. The number of nitrogens with one attached hydrogen (secondary N) is 1. The number of halogens is 4. The van der Waals surface area contributed by atoms with Crippen LogP contribution in [0.3, 0.4) is 0 Å². The van der Waals surface area contributed by atoms with Crippen LogP contribution in [0.15, 0.2) is 24.7 Å². The van der Waals surface area contributed by atoms with Crippen molar-refractivity contribution in [1.82, 2.24) is 24.8 Å². The average molecular weight is 496 g/mol. The van der Waals surface area contributed by atoms with E-state index in [0.29, 0.717) is 32.7 Å². The van der Waals surface area contributed by atoms with Gasteiger partial charge in [0.15, 0.2) is 5.82 Å². The first-order valence-electron chi connectivity index (χ1n) is 10.4. The molecule has 5 rings (SSSR count). The minimum absolute atomic E-state index is 0.0260. The fourth-order valence-corrected chi connectivity index (χ4v) is 4.50. The van der Waals surface area contributed by atoms with Crippen LogP contribution in [0, 0.1) is 18.2 Å². The van der Waals surface area contributed by atoms with Crippen LogP contribution >= 0.6 is 0 Å². The van der Waals surface area contributed by atoms with Crippen molar-refractivity contribution in [1.29, 1.82) is 0 Å². The molecule has 8 nitrogen and oxygen atoms in total. The first kappa shape index (κ1) is 23.1. The molecule has 2 aromatic carbocycles. The highest BCUT2D eigenvalue weighted by atomic mass is 19.4. The van der Waals surface area contributed by atoms with Crippen molar-refractivity contribution < 1.29 is 27.1 Å². The van der Waals surface area contributed by atoms with Crippen molar-refractivity contribution in [3.8, 4) is 18.1 Å². The highest BCUT2D eigenvalue weighted by molar-refractivity contribution is 6.33. The fraction of sp³-hybridized carbons (Fsp3) is 0.167. The van der Waals surface area contributed by atoms with Crippen LogP contribution in [-0.4, -0.2) is 45.3 Å². The molecular formula is C24H16F4N6O2. The van der Waals surface area contributed by atoms with Crippen LogP contribution in [0.2, 0.25) is 0 Å². The monoisotopic (exact) mass is 496 g/mol. The Morgan fingerprint density at radius 1 is 1.17 bits per heavy atom. The van der Waals surface area contributed by atoms with Crippen LogP contribution in [0.1, 0.15) is 16.1 Å². The number of nitrogen functional groups attached to an aromatic ring is 1. The van der Waals surface area contributed by atoms with Gasteiger partial charge in [0, 0.05) is 29.4 Å². The summed E-state index contributed by atoms with van der Waals surface area (Å²) in [6.07, 6.45) is 3.49. The van der Waals surface area contributed by atoms with Gasteiger partial charge in [-0.15, -0.1) is 6.42 Å². The molecule has 0 aliphatic rings. The molecule has 12 heteroatoms. The van der Waals surface area contributed by atoms with Gasteiger partial charge in [-0.3, -0.25) is 4.79 Å². The molecule has 0 atom stereocenters. The van der Waals surface area contributed by atoms with Crippen molar-refractivity contribution in [2.45, 2.75) is 6.18 Å². The molecular weight excluding hydrogens is 480 g/mol. The molecule has 182 valence electrons. The number of aromatic nitrogens is 4. The maximum Gasteiger partial charge on any atom is 0.405 e. The number of amides is 1. The molecule has 0 saturated heterocycles. The lowest BCUT2D eigenvalue weighted by molar-refractivity contribution is -0.123. The van der Waals surface area contributed by atoms with E-state index in [-0.39, 0.29) is 33.6 Å². The molecule has 3 aromatic heterocycles. The van der Waals surface area contributed by atoms with E-state index in [4.69, 9.17) is 16.9 Å². The third kappa shape index (κ3) is 3.31. The number of carbonyl (C=O) groups excluding carboxylic acids is 1. The Bertz CT molecular complexity index is 1790. The van der Waals surface area contributed by atoms with Crippen molar-refractivity contribution in [2.24, 2.45) is 7.05 Å². The summed E-state index contributed by atoms with van der Waals surface area (Å²) in [5.41, 5.74) is 6.68. The topological polar surface area (TPSA) is 108 Å². The Labute approximate surface area is 200 Å². The number of anilines is 1. The van der Waals surface area contributed by atoms with Gasteiger partial charge in [0.2, 0.25) is 0 Å². The first-order valence-corrected chi connectivity index (χ1v) is 10.4. The quantitative estimate of drug-likeness (QED) is 0.223.